The molecule has 0 saturated carbocycles. The zero-order valence-electron chi connectivity index (χ0n) is 8.91. The highest BCUT2D eigenvalue weighted by molar-refractivity contribution is 7.89. The second-order valence-corrected chi connectivity index (χ2v) is 5.57. The summed E-state index contributed by atoms with van der Waals surface area (Å²) in [6.45, 7) is 1.20. The fourth-order valence-electron chi connectivity index (χ4n) is 1.72. The maximum atomic E-state index is 13.3. The highest BCUT2D eigenvalue weighted by atomic mass is 32.2. The van der Waals surface area contributed by atoms with Crippen LogP contribution >= 0.6 is 0 Å². The molecule has 1 aliphatic rings. The fourth-order valence-corrected chi connectivity index (χ4v) is 3.08. The van der Waals surface area contributed by atoms with Gasteiger partial charge in [-0.2, -0.15) is 0 Å². The molecule has 2 N–H and O–H groups in total. The Bertz CT molecular complexity index is 513. The van der Waals surface area contributed by atoms with Gasteiger partial charge in [0.05, 0.1) is 0 Å². The zero-order chi connectivity index (χ0) is 12.5. The first-order valence-electron chi connectivity index (χ1n) is 5.17. The van der Waals surface area contributed by atoms with Gasteiger partial charge in [0.25, 0.3) is 0 Å². The van der Waals surface area contributed by atoms with Gasteiger partial charge in [0, 0.05) is 12.6 Å². The average Bonchev–Trinajstić information content (AvgIpc) is 2.73. The average molecular weight is 262 g/mol. The van der Waals surface area contributed by atoms with E-state index in [0.29, 0.717) is 25.6 Å². The van der Waals surface area contributed by atoms with Gasteiger partial charge in [-0.1, -0.05) is 0 Å². The van der Waals surface area contributed by atoms with Crippen molar-refractivity contribution in [1.82, 2.24) is 10.0 Å². The van der Waals surface area contributed by atoms with Gasteiger partial charge < -0.3 is 5.32 Å². The second-order valence-electron chi connectivity index (χ2n) is 3.89. The van der Waals surface area contributed by atoms with Crippen LogP contribution < -0.4 is 10.0 Å². The van der Waals surface area contributed by atoms with E-state index in [2.05, 4.69) is 10.0 Å². The Kier molecular flexibility index (Phi) is 3.41. The molecular formula is C10H12F2N2O2S. The van der Waals surface area contributed by atoms with E-state index in [-0.39, 0.29) is 6.04 Å². The topological polar surface area (TPSA) is 58.2 Å². The van der Waals surface area contributed by atoms with Crippen molar-refractivity contribution in [2.24, 2.45) is 0 Å². The lowest BCUT2D eigenvalue weighted by atomic mass is 10.3. The van der Waals surface area contributed by atoms with Crippen molar-refractivity contribution in [3.63, 3.8) is 0 Å². The van der Waals surface area contributed by atoms with Crippen LogP contribution in [0, 0.1) is 11.6 Å². The number of hydrogen-bond acceptors (Lipinski definition) is 3. The molecule has 1 saturated heterocycles. The number of nitrogens with one attached hydrogen (secondary N) is 2. The Hall–Kier alpha value is -1.05. The van der Waals surface area contributed by atoms with Crippen LogP contribution in [0.3, 0.4) is 0 Å². The molecule has 0 aliphatic carbocycles. The summed E-state index contributed by atoms with van der Waals surface area (Å²) in [4.78, 5) is -0.649. The first-order valence-corrected chi connectivity index (χ1v) is 6.65. The molecule has 17 heavy (non-hydrogen) atoms. The molecule has 94 valence electrons. The van der Waals surface area contributed by atoms with E-state index < -0.39 is 26.6 Å². The second kappa shape index (κ2) is 4.67. The molecule has 2 rings (SSSR count). The Morgan fingerprint density at radius 2 is 2.12 bits per heavy atom. The normalized spacial score (nSPS) is 20.7. The Labute approximate surface area is 98.1 Å². The van der Waals surface area contributed by atoms with E-state index in [0.717, 1.165) is 12.1 Å². The molecule has 1 heterocycles. The summed E-state index contributed by atoms with van der Waals surface area (Å²) in [5, 5.41) is 2.98. The minimum atomic E-state index is -4.00. The molecule has 1 atom stereocenters. The molecule has 0 bridgehead atoms. The van der Waals surface area contributed by atoms with E-state index >= 15 is 0 Å². The summed E-state index contributed by atoms with van der Waals surface area (Å²) in [5.41, 5.74) is 0. The molecule has 0 spiro atoms. The molecule has 1 aliphatic heterocycles. The van der Waals surface area contributed by atoms with Crippen molar-refractivity contribution < 1.29 is 17.2 Å². The van der Waals surface area contributed by atoms with Gasteiger partial charge in [-0.3, -0.25) is 0 Å². The highest BCUT2D eigenvalue weighted by Crippen LogP contribution is 2.16. The smallest absolute Gasteiger partial charge is 0.243 e. The number of hydrogen-bond donors (Lipinski definition) is 2. The molecular weight excluding hydrogens is 250 g/mol. The summed E-state index contributed by atoms with van der Waals surface area (Å²) in [6, 6.07) is 2.09. The molecule has 1 unspecified atom stereocenters. The Morgan fingerprint density at radius 3 is 2.76 bits per heavy atom. The van der Waals surface area contributed by atoms with Crippen molar-refractivity contribution in [2.45, 2.75) is 17.4 Å². The van der Waals surface area contributed by atoms with E-state index in [1.165, 1.54) is 0 Å². The first kappa shape index (κ1) is 12.4. The third kappa shape index (κ3) is 2.80. The lowest BCUT2D eigenvalue weighted by molar-refractivity contribution is 0.534. The van der Waals surface area contributed by atoms with E-state index in [1.54, 1.807) is 0 Å². The van der Waals surface area contributed by atoms with Gasteiger partial charge in [0.2, 0.25) is 10.0 Å². The molecule has 1 aromatic carbocycles. The van der Waals surface area contributed by atoms with E-state index in [1.807, 2.05) is 0 Å². The van der Waals surface area contributed by atoms with Gasteiger partial charge >= 0.3 is 0 Å². The van der Waals surface area contributed by atoms with Crippen LogP contribution in [-0.4, -0.2) is 27.5 Å². The maximum absolute atomic E-state index is 13.3. The predicted molar refractivity (Wildman–Crippen MR) is 58.0 cm³/mol. The number of rotatable bonds is 3. The predicted octanol–water partition coefficient (Wildman–Crippen LogP) is 0.605. The zero-order valence-corrected chi connectivity index (χ0v) is 9.73. The van der Waals surface area contributed by atoms with Gasteiger partial charge in [-0.05, 0) is 31.2 Å². The molecule has 1 fully saturated rings. The summed E-state index contributed by atoms with van der Waals surface area (Å²) in [5.74, 6) is -1.74. The van der Waals surface area contributed by atoms with Crippen LogP contribution in [0.1, 0.15) is 6.42 Å². The fraction of sp³-hybridized carbons (Fsp3) is 0.400. The third-order valence-corrected chi connectivity index (χ3v) is 4.10. The Balaban J connectivity index is 2.27. The van der Waals surface area contributed by atoms with Crippen molar-refractivity contribution in [1.29, 1.82) is 0 Å². The van der Waals surface area contributed by atoms with Crippen LogP contribution in [0.25, 0.3) is 0 Å². The van der Waals surface area contributed by atoms with Crippen LogP contribution in [0.2, 0.25) is 0 Å². The van der Waals surface area contributed by atoms with Crippen molar-refractivity contribution in [3.05, 3.63) is 29.8 Å². The molecule has 4 nitrogen and oxygen atoms in total. The summed E-state index contributed by atoms with van der Waals surface area (Å²) < 4.78 is 52.2. The van der Waals surface area contributed by atoms with Gasteiger partial charge in [0.15, 0.2) is 0 Å². The van der Waals surface area contributed by atoms with Crippen LogP contribution in [-0.2, 0) is 10.0 Å². The number of sulfonamides is 1. The lowest BCUT2D eigenvalue weighted by Gasteiger charge is -2.12. The SMILES string of the molecule is O=S(=O)(NC1CCNC1)c1cc(F)ccc1F. The monoisotopic (exact) mass is 262 g/mol. The Morgan fingerprint density at radius 1 is 1.35 bits per heavy atom. The van der Waals surface area contributed by atoms with Crippen LogP contribution in [0.4, 0.5) is 8.78 Å². The van der Waals surface area contributed by atoms with E-state index in [9.17, 15) is 17.2 Å². The van der Waals surface area contributed by atoms with Gasteiger partial charge in [0.1, 0.15) is 16.5 Å². The molecule has 7 heteroatoms. The number of benzene rings is 1. The summed E-state index contributed by atoms with van der Waals surface area (Å²) in [7, 11) is -4.00. The number of halogens is 2. The van der Waals surface area contributed by atoms with Crippen molar-refractivity contribution in [3.8, 4) is 0 Å². The highest BCUT2D eigenvalue weighted by Gasteiger charge is 2.25. The van der Waals surface area contributed by atoms with Crippen molar-refractivity contribution in [2.75, 3.05) is 13.1 Å². The van der Waals surface area contributed by atoms with Gasteiger partial charge in [-0.15, -0.1) is 0 Å². The van der Waals surface area contributed by atoms with E-state index in [4.69, 9.17) is 0 Å². The van der Waals surface area contributed by atoms with Crippen LogP contribution in [0.15, 0.2) is 23.1 Å². The summed E-state index contributed by atoms with van der Waals surface area (Å²) in [6.07, 6.45) is 0.635. The maximum Gasteiger partial charge on any atom is 0.243 e. The van der Waals surface area contributed by atoms with Crippen LogP contribution in [0.5, 0.6) is 0 Å². The lowest BCUT2D eigenvalue weighted by Crippen LogP contribution is -2.36. The minimum absolute atomic E-state index is 0.275. The quantitative estimate of drug-likeness (QED) is 0.839. The van der Waals surface area contributed by atoms with Crippen molar-refractivity contribution >= 4 is 10.0 Å². The molecule has 1 aromatic rings. The largest absolute Gasteiger partial charge is 0.315 e. The first-order chi connectivity index (χ1) is 7.99. The summed E-state index contributed by atoms with van der Waals surface area (Å²) >= 11 is 0. The molecule has 0 radical (unpaired) electrons. The van der Waals surface area contributed by atoms with Gasteiger partial charge in [-0.25, -0.2) is 21.9 Å². The molecule has 0 aromatic heterocycles. The minimum Gasteiger partial charge on any atom is -0.315 e. The molecule has 0 amide bonds. The standard InChI is InChI=1S/C10H12F2N2O2S/c11-7-1-2-9(12)10(5-7)17(15,16)14-8-3-4-13-6-8/h1-2,5,8,13-14H,3-4,6H2. The third-order valence-electron chi connectivity index (χ3n) is 2.56.